The van der Waals surface area contributed by atoms with Crippen molar-refractivity contribution in [2.75, 3.05) is 7.11 Å². The third-order valence-corrected chi connectivity index (χ3v) is 4.82. The molecule has 0 unspecified atom stereocenters. The number of carbonyl (C=O) groups is 1. The van der Waals surface area contributed by atoms with Gasteiger partial charge in [0.1, 0.15) is 23.7 Å². The number of benzene rings is 1. The van der Waals surface area contributed by atoms with Crippen molar-refractivity contribution < 1.29 is 19.0 Å². The average Bonchev–Trinajstić information content (AvgIpc) is 3.00. The Morgan fingerprint density at radius 1 is 1.20 bits per heavy atom. The summed E-state index contributed by atoms with van der Waals surface area (Å²) in [5.74, 6) is 1.35. The molecule has 0 N–H and O–H groups in total. The molecule has 3 aliphatic rings. The molecule has 0 saturated heterocycles. The Labute approximate surface area is 118 Å². The Bertz CT molecular complexity index is 585. The summed E-state index contributed by atoms with van der Waals surface area (Å²) in [6, 6.07) is 1.81. The second-order valence-electron chi connectivity index (χ2n) is 6.01. The van der Waals surface area contributed by atoms with Gasteiger partial charge in [-0.25, -0.2) is 4.79 Å². The number of hydrogen-bond donors (Lipinski definition) is 0. The van der Waals surface area contributed by atoms with Crippen LogP contribution >= 0.6 is 0 Å². The molecule has 4 heteroatoms. The van der Waals surface area contributed by atoms with E-state index in [9.17, 15) is 4.79 Å². The van der Waals surface area contributed by atoms with Crippen molar-refractivity contribution in [3.8, 4) is 11.5 Å². The quantitative estimate of drug-likeness (QED) is 0.738. The van der Waals surface area contributed by atoms with Gasteiger partial charge < -0.3 is 14.2 Å². The first-order chi connectivity index (χ1) is 9.72. The van der Waals surface area contributed by atoms with E-state index in [4.69, 9.17) is 14.2 Å². The molecule has 1 aromatic carbocycles. The van der Waals surface area contributed by atoms with Crippen LogP contribution < -0.4 is 9.47 Å². The van der Waals surface area contributed by atoms with E-state index in [1.807, 2.05) is 6.07 Å². The van der Waals surface area contributed by atoms with Crippen molar-refractivity contribution in [3.05, 3.63) is 22.8 Å². The Morgan fingerprint density at radius 2 is 2.00 bits per heavy atom. The normalized spacial score (nSPS) is 22.1. The maximum atomic E-state index is 11.8. The molecule has 4 rings (SSSR count). The Morgan fingerprint density at radius 3 is 2.75 bits per heavy atom. The van der Waals surface area contributed by atoms with E-state index in [1.54, 1.807) is 7.11 Å². The lowest BCUT2D eigenvalue weighted by Gasteiger charge is -2.32. The average molecular weight is 274 g/mol. The van der Waals surface area contributed by atoms with E-state index in [0.717, 1.165) is 41.9 Å². The van der Waals surface area contributed by atoms with Gasteiger partial charge in [-0.15, -0.1) is 0 Å². The molecular weight excluding hydrogens is 256 g/mol. The second-order valence-corrected chi connectivity index (χ2v) is 6.01. The largest absolute Gasteiger partial charge is 0.496 e. The molecule has 1 aromatic rings. The summed E-state index contributed by atoms with van der Waals surface area (Å²) >= 11 is 0. The highest BCUT2D eigenvalue weighted by atomic mass is 16.5. The predicted octanol–water partition coefficient (Wildman–Crippen LogP) is 3.00. The van der Waals surface area contributed by atoms with E-state index >= 15 is 0 Å². The van der Waals surface area contributed by atoms with Gasteiger partial charge in [-0.1, -0.05) is 6.42 Å². The molecule has 1 saturated carbocycles. The Hall–Kier alpha value is -1.71. The lowest BCUT2D eigenvalue weighted by molar-refractivity contribution is 0.0483. The van der Waals surface area contributed by atoms with Gasteiger partial charge in [0.15, 0.2) is 0 Å². The van der Waals surface area contributed by atoms with Crippen LogP contribution in [0.4, 0.5) is 0 Å². The summed E-state index contributed by atoms with van der Waals surface area (Å²) < 4.78 is 17.0. The maximum Gasteiger partial charge on any atom is 0.339 e. The molecule has 1 aliphatic carbocycles. The van der Waals surface area contributed by atoms with Crippen LogP contribution in [-0.2, 0) is 17.8 Å². The van der Waals surface area contributed by atoms with Crippen LogP contribution in [0, 0.1) is 0 Å². The molecule has 1 spiro atoms. The zero-order valence-electron chi connectivity index (χ0n) is 11.7. The van der Waals surface area contributed by atoms with Gasteiger partial charge in [-0.05, 0) is 31.7 Å². The molecule has 0 radical (unpaired) electrons. The summed E-state index contributed by atoms with van der Waals surface area (Å²) in [7, 11) is 1.65. The van der Waals surface area contributed by atoms with Crippen LogP contribution in [-0.4, -0.2) is 18.7 Å². The fourth-order valence-electron chi connectivity index (χ4n) is 3.78. The Balaban J connectivity index is 1.82. The van der Waals surface area contributed by atoms with Gasteiger partial charge in [-0.3, -0.25) is 0 Å². The number of rotatable bonds is 1. The molecule has 0 bridgehead atoms. The van der Waals surface area contributed by atoms with Crippen LogP contribution in [0.5, 0.6) is 11.5 Å². The van der Waals surface area contributed by atoms with Crippen LogP contribution in [0.2, 0.25) is 0 Å². The first-order valence-corrected chi connectivity index (χ1v) is 7.31. The molecule has 0 amide bonds. The molecule has 0 atom stereocenters. The predicted molar refractivity (Wildman–Crippen MR) is 72.3 cm³/mol. The van der Waals surface area contributed by atoms with Crippen LogP contribution in [0.1, 0.15) is 53.6 Å². The molecule has 4 nitrogen and oxygen atoms in total. The van der Waals surface area contributed by atoms with Gasteiger partial charge in [0, 0.05) is 17.5 Å². The molecule has 106 valence electrons. The monoisotopic (exact) mass is 274 g/mol. The number of methoxy groups -OCH3 is 1. The first kappa shape index (κ1) is 12.1. The number of fused-ring (bicyclic) bond motifs is 3. The minimum absolute atomic E-state index is 0.0748. The van der Waals surface area contributed by atoms with Crippen molar-refractivity contribution in [1.29, 1.82) is 0 Å². The summed E-state index contributed by atoms with van der Waals surface area (Å²) in [5.41, 5.74) is 2.56. The van der Waals surface area contributed by atoms with Crippen molar-refractivity contribution in [1.82, 2.24) is 0 Å². The van der Waals surface area contributed by atoms with Crippen LogP contribution in [0.3, 0.4) is 0 Å². The van der Waals surface area contributed by atoms with Crippen LogP contribution in [0.15, 0.2) is 6.07 Å². The highest BCUT2D eigenvalue weighted by Crippen LogP contribution is 2.50. The topological polar surface area (TPSA) is 44.8 Å². The van der Waals surface area contributed by atoms with E-state index in [-0.39, 0.29) is 11.6 Å². The summed E-state index contributed by atoms with van der Waals surface area (Å²) in [4.78, 5) is 11.8. The molecular formula is C16H18O4. The number of cyclic esters (lactones) is 1. The highest BCUT2D eigenvalue weighted by Gasteiger charge is 2.44. The Kier molecular flexibility index (Phi) is 2.50. The summed E-state index contributed by atoms with van der Waals surface area (Å²) in [5, 5.41) is 0. The number of carbonyl (C=O) groups excluding carboxylic acids is 1. The zero-order valence-corrected chi connectivity index (χ0v) is 11.7. The number of esters is 1. The summed E-state index contributed by atoms with van der Waals surface area (Å²) in [6.45, 7) is 0.330. The molecule has 0 aromatic heterocycles. The minimum atomic E-state index is -0.269. The van der Waals surface area contributed by atoms with E-state index in [0.29, 0.717) is 12.2 Å². The van der Waals surface area contributed by atoms with E-state index < -0.39 is 0 Å². The van der Waals surface area contributed by atoms with Gasteiger partial charge in [-0.2, -0.15) is 0 Å². The standard InChI is InChI=1S/C16H18O4/c1-18-13-7-10-12(9-19-15(10)17)14-11(13)8-16(20-14)5-3-2-4-6-16/h7H,2-6,8-9H2,1H3. The first-order valence-electron chi connectivity index (χ1n) is 7.31. The van der Waals surface area contributed by atoms with Gasteiger partial charge in [0.2, 0.25) is 0 Å². The third kappa shape index (κ3) is 1.57. The molecule has 20 heavy (non-hydrogen) atoms. The van der Waals surface area contributed by atoms with Gasteiger partial charge >= 0.3 is 5.97 Å². The van der Waals surface area contributed by atoms with Crippen molar-refractivity contribution in [2.45, 2.75) is 50.7 Å². The van der Waals surface area contributed by atoms with Crippen molar-refractivity contribution >= 4 is 5.97 Å². The molecule has 1 fully saturated rings. The zero-order chi connectivity index (χ0) is 13.7. The number of ether oxygens (including phenoxy) is 3. The van der Waals surface area contributed by atoms with Crippen LogP contribution in [0.25, 0.3) is 0 Å². The third-order valence-electron chi connectivity index (χ3n) is 4.82. The second kappa shape index (κ2) is 4.14. The molecule has 2 aliphatic heterocycles. The van der Waals surface area contributed by atoms with Crippen molar-refractivity contribution in [3.63, 3.8) is 0 Å². The van der Waals surface area contributed by atoms with E-state index in [2.05, 4.69) is 0 Å². The van der Waals surface area contributed by atoms with E-state index in [1.165, 1.54) is 19.3 Å². The SMILES string of the molecule is COc1cc2c(c3c1CC1(CCCCC1)O3)COC2=O. The fourth-order valence-corrected chi connectivity index (χ4v) is 3.78. The van der Waals surface area contributed by atoms with Gasteiger partial charge in [0.25, 0.3) is 0 Å². The minimum Gasteiger partial charge on any atom is -0.496 e. The lowest BCUT2D eigenvalue weighted by atomic mass is 9.81. The highest BCUT2D eigenvalue weighted by molar-refractivity contribution is 5.95. The lowest BCUT2D eigenvalue weighted by Crippen LogP contribution is -2.36. The fraction of sp³-hybridized carbons (Fsp3) is 0.562. The van der Waals surface area contributed by atoms with Crippen molar-refractivity contribution in [2.24, 2.45) is 0 Å². The van der Waals surface area contributed by atoms with Gasteiger partial charge in [0.05, 0.1) is 12.7 Å². The maximum absolute atomic E-state index is 11.8. The smallest absolute Gasteiger partial charge is 0.339 e. The number of hydrogen-bond acceptors (Lipinski definition) is 4. The molecule has 2 heterocycles. The summed E-state index contributed by atoms with van der Waals surface area (Å²) in [6.07, 6.45) is 6.80.